The van der Waals surface area contributed by atoms with Crippen LogP contribution in [0.5, 0.6) is 11.6 Å². The molecule has 0 radical (unpaired) electrons. The van der Waals surface area contributed by atoms with Crippen LogP contribution in [0.4, 0.5) is 11.4 Å². The predicted octanol–water partition coefficient (Wildman–Crippen LogP) is 1.18. The van der Waals surface area contributed by atoms with E-state index in [2.05, 4.69) is 9.71 Å². The normalized spacial score (nSPS) is 11.1. The minimum Gasteiger partial charge on any atom is -0.506 e. The number of anilines is 2. The number of phenolic OH excluding ortho intramolecular Hbond substituents is 1. The summed E-state index contributed by atoms with van der Waals surface area (Å²) in [7, 11) is -2.33. The van der Waals surface area contributed by atoms with Crippen LogP contribution in [0.25, 0.3) is 0 Å². The Morgan fingerprint density at radius 3 is 2.60 bits per heavy atom. The lowest BCUT2D eigenvalue weighted by atomic mass is 10.3. The van der Waals surface area contributed by atoms with Gasteiger partial charge in [-0.1, -0.05) is 0 Å². The Labute approximate surface area is 116 Å². The first kappa shape index (κ1) is 13.9. The molecule has 8 heteroatoms. The summed E-state index contributed by atoms with van der Waals surface area (Å²) >= 11 is 0. The quantitative estimate of drug-likeness (QED) is 0.576. The Morgan fingerprint density at radius 1 is 1.30 bits per heavy atom. The van der Waals surface area contributed by atoms with Gasteiger partial charge in [0.1, 0.15) is 5.75 Å². The standard InChI is InChI=1S/C12H13N3O4S/c1-19-12-5-2-8(7-14-12)15-20(17,18)9-3-4-11(16)10(13)6-9/h2-7,15-16H,13H2,1H3. The monoisotopic (exact) mass is 295 g/mol. The lowest BCUT2D eigenvalue weighted by Gasteiger charge is -2.09. The maximum absolute atomic E-state index is 12.1. The smallest absolute Gasteiger partial charge is 0.262 e. The molecule has 0 saturated carbocycles. The number of methoxy groups -OCH3 is 1. The molecule has 0 spiro atoms. The molecule has 0 atom stereocenters. The van der Waals surface area contributed by atoms with Crippen molar-refractivity contribution in [2.45, 2.75) is 4.90 Å². The van der Waals surface area contributed by atoms with Gasteiger partial charge < -0.3 is 15.6 Å². The highest BCUT2D eigenvalue weighted by Gasteiger charge is 2.15. The number of aromatic nitrogens is 1. The second-order valence-electron chi connectivity index (χ2n) is 3.92. The lowest BCUT2D eigenvalue weighted by molar-refractivity contribution is 0.398. The number of ether oxygens (including phenoxy) is 1. The first-order valence-electron chi connectivity index (χ1n) is 5.54. The van der Waals surface area contributed by atoms with Crippen LogP contribution in [-0.4, -0.2) is 25.6 Å². The zero-order valence-electron chi connectivity index (χ0n) is 10.6. The fourth-order valence-electron chi connectivity index (χ4n) is 1.48. The average Bonchev–Trinajstić information content (AvgIpc) is 2.42. The topological polar surface area (TPSA) is 115 Å². The van der Waals surface area contributed by atoms with E-state index < -0.39 is 10.0 Å². The van der Waals surface area contributed by atoms with E-state index in [0.29, 0.717) is 5.88 Å². The van der Waals surface area contributed by atoms with Crippen LogP contribution in [0.3, 0.4) is 0 Å². The SMILES string of the molecule is COc1ccc(NS(=O)(=O)c2ccc(O)c(N)c2)cn1. The Bertz CT molecular complexity index is 714. The van der Waals surface area contributed by atoms with E-state index >= 15 is 0 Å². The second kappa shape index (κ2) is 5.25. The van der Waals surface area contributed by atoms with Crippen molar-refractivity contribution in [1.29, 1.82) is 0 Å². The van der Waals surface area contributed by atoms with Crippen molar-refractivity contribution in [2.75, 3.05) is 17.6 Å². The van der Waals surface area contributed by atoms with Crippen molar-refractivity contribution in [3.8, 4) is 11.6 Å². The van der Waals surface area contributed by atoms with Crippen LogP contribution in [0.2, 0.25) is 0 Å². The van der Waals surface area contributed by atoms with Crippen LogP contribution in [0.15, 0.2) is 41.4 Å². The zero-order chi connectivity index (χ0) is 14.8. The average molecular weight is 295 g/mol. The molecule has 0 aliphatic heterocycles. The molecule has 0 saturated heterocycles. The van der Waals surface area contributed by atoms with Crippen LogP contribution in [0, 0.1) is 0 Å². The number of hydrogen-bond donors (Lipinski definition) is 3. The van der Waals surface area contributed by atoms with Crippen molar-refractivity contribution < 1.29 is 18.3 Å². The van der Waals surface area contributed by atoms with Crippen LogP contribution in [0.1, 0.15) is 0 Å². The van der Waals surface area contributed by atoms with E-state index in [1.807, 2.05) is 0 Å². The van der Waals surface area contributed by atoms with Crippen molar-refractivity contribution in [3.05, 3.63) is 36.5 Å². The fourth-order valence-corrected chi connectivity index (χ4v) is 2.55. The number of benzene rings is 1. The molecule has 0 aliphatic carbocycles. The van der Waals surface area contributed by atoms with Crippen LogP contribution < -0.4 is 15.2 Å². The number of nitrogens with one attached hydrogen (secondary N) is 1. The minimum atomic E-state index is -3.79. The largest absolute Gasteiger partial charge is 0.506 e. The molecule has 106 valence electrons. The molecule has 1 aromatic carbocycles. The van der Waals surface area contributed by atoms with Gasteiger partial charge in [0.2, 0.25) is 5.88 Å². The summed E-state index contributed by atoms with van der Waals surface area (Å²) in [4.78, 5) is 3.84. The van der Waals surface area contributed by atoms with E-state index in [1.165, 1.54) is 43.6 Å². The van der Waals surface area contributed by atoms with Crippen LogP contribution >= 0.6 is 0 Å². The molecule has 0 bridgehead atoms. The van der Waals surface area contributed by atoms with E-state index in [0.717, 1.165) is 0 Å². The van der Waals surface area contributed by atoms with Gasteiger partial charge in [-0.05, 0) is 24.3 Å². The number of aromatic hydroxyl groups is 1. The van der Waals surface area contributed by atoms with Gasteiger partial charge in [0.05, 0.1) is 29.6 Å². The highest BCUT2D eigenvalue weighted by Crippen LogP contribution is 2.24. The van der Waals surface area contributed by atoms with Crippen LogP contribution in [-0.2, 0) is 10.0 Å². The lowest BCUT2D eigenvalue weighted by Crippen LogP contribution is -2.13. The highest BCUT2D eigenvalue weighted by atomic mass is 32.2. The van der Waals surface area contributed by atoms with Gasteiger partial charge in [-0.25, -0.2) is 13.4 Å². The maximum atomic E-state index is 12.1. The Morgan fingerprint density at radius 2 is 2.05 bits per heavy atom. The number of pyridine rings is 1. The Kier molecular flexibility index (Phi) is 3.66. The van der Waals surface area contributed by atoms with Gasteiger partial charge >= 0.3 is 0 Å². The molecule has 4 N–H and O–H groups in total. The maximum Gasteiger partial charge on any atom is 0.262 e. The summed E-state index contributed by atoms with van der Waals surface area (Å²) in [6.45, 7) is 0. The van der Waals surface area contributed by atoms with E-state index in [1.54, 1.807) is 0 Å². The first-order chi connectivity index (χ1) is 9.42. The number of nitrogens with zero attached hydrogens (tertiary/aromatic N) is 1. The van der Waals surface area contributed by atoms with Gasteiger partial charge in [-0.2, -0.15) is 0 Å². The van der Waals surface area contributed by atoms with Gasteiger partial charge in [-0.3, -0.25) is 4.72 Å². The van der Waals surface area contributed by atoms with Gasteiger partial charge in [-0.15, -0.1) is 0 Å². The van der Waals surface area contributed by atoms with E-state index in [4.69, 9.17) is 10.5 Å². The molecule has 0 amide bonds. The summed E-state index contributed by atoms with van der Waals surface area (Å²) < 4.78 is 31.5. The van der Waals surface area contributed by atoms with Gasteiger partial charge in [0.15, 0.2) is 0 Å². The van der Waals surface area contributed by atoms with E-state index in [-0.39, 0.29) is 22.0 Å². The van der Waals surface area contributed by atoms with Crippen molar-refractivity contribution in [1.82, 2.24) is 4.98 Å². The number of nitrogen functional groups attached to an aromatic ring is 1. The predicted molar refractivity (Wildman–Crippen MR) is 74.1 cm³/mol. The molecule has 2 aromatic rings. The molecule has 7 nitrogen and oxygen atoms in total. The highest BCUT2D eigenvalue weighted by molar-refractivity contribution is 7.92. The third-order valence-corrected chi connectivity index (χ3v) is 3.89. The molecular weight excluding hydrogens is 282 g/mol. The molecule has 1 aromatic heterocycles. The molecule has 0 fully saturated rings. The molecule has 20 heavy (non-hydrogen) atoms. The fraction of sp³-hybridized carbons (Fsp3) is 0.0833. The molecule has 2 rings (SSSR count). The number of nitrogens with two attached hydrogens (primary N) is 1. The Balaban J connectivity index is 2.27. The Hall–Kier alpha value is -2.48. The number of hydrogen-bond acceptors (Lipinski definition) is 6. The second-order valence-corrected chi connectivity index (χ2v) is 5.60. The molecular formula is C12H13N3O4S. The number of phenols is 1. The van der Waals surface area contributed by atoms with Gasteiger partial charge in [0.25, 0.3) is 10.0 Å². The summed E-state index contributed by atoms with van der Waals surface area (Å²) in [6.07, 6.45) is 1.33. The summed E-state index contributed by atoms with van der Waals surface area (Å²) in [5.41, 5.74) is 5.75. The summed E-state index contributed by atoms with van der Waals surface area (Å²) in [5.74, 6) is 0.205. The van der Waals surface area contributed by atoms with Crippen molar-refractivity contribution >= 4 is 21.4 Å². The number of sulfonamides is 1. The number of rotatable bonds is 4. The summed E-state index contributed by atoms with van der Waals surface area (Å²) in [6, 6.07) is 6.70. The van der Waals surface area contributed by atoms with Crippen molar-refractivity contribution in [3.63, 3.8) is 0 Å². The third-order valence-electron chi connectivity index (χ3n) is 2.51. The van der Waals surface area contributed by atoms with Crippen molar-refractivity contribution in [2.24, 2.45) is 0 Å². The first-order valence-corrected chi connectivity index (χ1v) is 7.02. The molecule has 1 heterocycles. The molecule has 0 aliphatic rings. The summed E-state index contributed by atoms with van der Waals surface area (Å²) in [5, 5.41) is 9.29. The van der Waals surface area contributed by atoms with Gasteiger partial charge in [0, 0.05) is 6.07 Å². The van der Waals surface area contributed by atoms with E-state index in [9.17, 15) is 13.5 Å². The third kappa shape index (κ3) is 2.91. The minimum absolute atomic E-state index is 0.0132. The molecule has 0 unspecified atom stereocenters. The zero-order valence-corrected chi connectivity index (χ0v) is 11.4.